The molecule has 1 amide bonds. The van der Waals surface area contributed by atoms with E-state index in [1.54, 1.807) is 24.3 Å². The summed E-state index contributed by atoms with van der Waals surface area (Å²) >= 11 is 0. The van der Waals surface area contributed by atoms with Gasteiger partial charge >= 0.3 is 5.97 Å². The van der Waals surface area contributed by atoms with Crippen LogP contribution in [0.5, 0.6) is 11.5 Å². The summed E-state index contributed by atoms with van der Waals surface area (Å²) < 4.78 is 10.0. The largest absolute Gasteiger partial charge is 0.507 e. The fourth-order valence-electron chi connectivity index (χ4n) is 2.02. The average molecular weight is 315 g/mol. The fraction of sp³-hybridized carbons (Fsp3) is 0.176. The van der Waals surface area contributed by atoms with E-state index >= 15 is 0 Å². The van der Waals surface area contributed by atoms with Crippen LogP contribution in [0.4, 0.5) is 5.69 Å². The summed E-state index contributed by atoms with van der Waals surface area (Å²) in [6.07, 6.45) is 0. The predicted octanol–water partition coefficient (Wildman–Crippen LogP) is 2.83. The zero-order valence-corrected chi connectivity index (χ0v) is 12.8. The molecule has 0 radical (unpaired) electrons. The number of phenols is 1. The molecule has 2 aromatic rings. The van der Waals surface area contributed by atoms with Gasteiger partial charge in [0.15, 0.2) is 0 Å². The van der Waals surface area contributed by atoms with Gasteiger partial charge in [-0.25, -0.2) is 4.79 Å². The number of amides is 1. The average Bonchev–Trinajstić information content (AvgIpc) is 2.56. The number of esters is 1. The van der Waals surface area contributed by atoms with Gasteiger partial charge in [-0.3, -0.25) is 4.79 Å². The second kappa shape index (κ2) is 7.31. The van der Waals surface area contributed by atoms with Crippen LogP contribution in [0.3, 0.4) is 0 Å². The topological polar surface area (TPSA) is 84.9 Å². The Morgan fingerprint density at radius 3 is 2.57 bits per heavy atom. The lowest BCUT2D eigenvalue weighted by Crippen LogP contribution is -2.14. The molecule has 6 heteroatoms. The van der Waals surface area contributed by atoms with E-state index in [2.05, 4.69) is 10.1 Å². The smallest absolute Gasteiger partial charge is 0.341 e. The second-order valence-corrected chi connectivity index (χ2v) is 4.61. The highest BCUT2D eigenvalue weighted by atomic mass is 16.5. The molecule has 6 nitrogen and oxygen atoms in total. The van der Waals surface area contributed by atoms with Gasteiger partial charge in [0.05, 0.1) is 19.3 Å². The third-order valence-corrected chi connectivity index (χ3v) is 3.09. The first-order valence-corrected chi connectivity index (χ1v) is 7.01. The molecule has 0 bridgehead atoms. The van der Waals surface area contributed by atoms with Crippen LogP contribution in [0.15, 0.2) is 42.5 Å². The number of nitrogens with one attached hydrogen (secondary N) is 1. The maximum atomic E-state index is 12.4. The molecule has 0 aliphatic carbocycles. The van der Waals surface area contributed by atoms with Crippen LogP contribution >= 0.6 is 0 Å². The molecule has 0 unspecified atom stereocenters. The van der Waals surface area contributed by atoms with Gasteiger partial charge < -0.3 is 19.9 Å². The van der Waals surface area contributed by atoms with Crippen molar-refractivity contribution in [1.29, 1.82) is 0 Å². The number of benzene rings is 2. The Kier molecular flexibility index (Phi) is 5.19. The Morgan fingerprint density at radius 1 is 1.13 bits per heavy atom. The Bertz CT molecular complexity index is 727. The minimum atomic E-state index is -0.687. The van der Waals surface area contributed by atoms with Crippen LogP contribution < -0.4 is 10.1 Å². The van der Waals surface area contributed by atoms with Gasteiger partial charge in [-0.2, -0.15) is 0 Å². The van der Waals surface area contributed by atoms with E-state index in [9.17, 15) is 14.7 Å². The summed E-state index contributed by atoms with van der Waals surface area (Å²) in [6, 6.07) is 11.0. The standard InChI is InChI=1S/C17H17NO5/c1-3-23-15-7-5-4-6-12(15)16(20)18-11-8-9-14(19)13(10-11)17(21)22-2/h4-10,19H,3H2,1-2H3,(H,18,20). The van der Waals surface area contributed by atoms with Crippen molar-refractivity contribution in [3.63, 3.8) is 0 Å². The maximum absolute atomic E-state index is 12.4. The van der Waals surface area contributed by atoms with Gasteiger partial charge in [-0.1, -0.05) is 12.1 Å². The number of rotatable bonds is 5. The van der Waals surface area contributed by atoms with Crippen molar-refractivity contribution in [2.75, 3.05) is 19.0 Å². The third-order valence-electron chi connectivity index (χ3n) is 3.09. The number of para-hydroxylation sites is 1. The van der Waals surface area contributed by atoms with Gasteiger partial charge in [-0.05, 0) is 37.3 Å². The molecule has 0 aromatic heterocycles. The van der Waals surface area contributed by atoms with Gasteiger partial charge in [0.2, 0.25) is 0 Å². The Morgan fingerprint density at radius 2 is 1.87 bits per heavy atom. The normalized spacial score (nSPS) is 10.0. The summed E-state index contributed by atoms with van der Waals surface area (Å²) in [5.74, 6) is -0.812. The number of ether oxygens (including phenoxy) is 2. The highest BCUT2D eigenvalue weighted by molar-refractivity contribution is 6.06. The van der Waals surface area contributed by atoms with Crippen molar-refractivity contribution < 1.29 is 24.2 Å². The van der Waals surface area contributed by atoms with Crippen LogP contribution in [0.25, 0.3) is 0 Å². The highest BCUT2D eigenvalue weighted by Crippen LogP contribution is 2.24. The number of carbonyl (C=O) groups is 2. The Labute approximate surface area is 133 Å². The number of hydrogen-bond donors (Lipinski definition) is 2. The molecule has 0 spiro atoms. The summed E-state index contributed by atoms with van der Waals surface area (Å²) in [5.41, 5.74) is 0.713. The van der Waals surface area contributed by atoms with Crippen molar-refractivity contribution >= 4 is 17.6 Å². The minimum absolute atomic E-state index is 0.0246. The number of hydrogen-bond acceptors (Lipinski definition) is 5. The molecule has 0 aliphatic rings. The summed E-state index contributed by atoms with van der Waals surface area (Å²) in [6.45, 7) is 2.27. The molecule has 2 N–H and O–H groups in total. The van der Waals surface area contributed by atoms with Gasteiger partial charge in [0.25, 0.3) is 5.91 Å². The quantitative estimate of drug-likeness (QED) is 0.654. The monoisotopic (exact) mass is 315 g/mol. The van der Waals surface area contributed by atoms with Crippen LogP contribution in [0.1, 0.15) is 27.6 Å². The summed E-state index contributed by atoms with van der Waals surface area (Å²) in [7, 11) is 1.21. The third kappa shape index (κ3) is 3.79. The fourth-order valence-corrected chi connectivity index (χ4v) is 2.02. The van der Waals surface area contributed by atoms with E-state index in [4.69, 9.17) is 4.74 Å². The Balaban J connectivity index is 2.26. The summed E-state index contributed by atoms with van der Waals surface area (Å²) in [5, 5.41) is 12.3. The SMILES string of the molecule is CCOc1ccccc1C(=O)Nc1ccc(O)c(C(=O)OC)c1. The first kappa shape index (κ1) is 16.4. The zero-order chi connectivity index (χ0) is 16.8. The van der Waals surface area contributed by atoms with E-state index in [-0.39, 0.29) is 17.2 Å². The molecular weight excluding hydrogens is 298 g/mol. The number of anilines is 1. The summed E-state index contributed by atoms with van der Waals surface area (Å²) in [4.78, 5) is 23.9. The van der Waals surface area contributed by atoms with E-state index in [0.29, 0.717) is 23.6 Å². The van der Waals surface area contributed by atoms with E-state index in [1.165, 1.54) is 25.3 Å². The second-order valence-electron chi connectivity index (χ2n) is 4.61. The highest BCUT2D eigenvalue weighted by Gasteiger charge is 2.15. The lowest BCUT2D eigenvalue weighted by molar-refractivity contribution is 0.0597. The molecule has 0 heterocycles. The zero-order valence-electron chi connectivity index (χ0n) is 12.8. The molecule has 120 valence electrons. The van der Waals surface area contributed by atoms with Crippen LogP contribution in [-0.4, -0.2) is 30.7 Å². The van der Waals surface area contributed by atoms with Gasteiger partial charge in [0.1, 0.15) is 17.1 Å². The lowest BCUT2D eigenvalue weighted by atomic mass is 10.1. The molecule has 0 fully saturated rings. The molecule has 23 heavy (non-hydrogen) atoms. The Hall–Kier alpha value is -3.02. The molecule has 0 atom stereocenters. The van der Waals surface area contributed by atoms with Crippen molar-refractivity contribution in [3.05, 3.63) is 53.6 Å². The molecule has 0 saturated carbocycles. The number of aromatic hydroxyl groups is 1. The van der Waals surface area contributed by atoms with Crippen molar-refractivity contribution in [2.24, 2.45) is 0 Å². The predicted molar refractivity (Wildman–Crippen MR) is 85.0 cm³/mol. The van der Waals surface area contributed by atoms with Crippen molar-refractivity contribution in [3.8, 4) is 11.5 Å². The maximum Gasteiger partial charge on any atom is 0.341 e. The van der Waals surface area contributed by atoms with Crippen LogP contribution in [0, 0.1) is 0 Å². The lowest BCUT2D eigenvalue weighted by Gasteiger charge is -2.11. The van der Waals surface area contributed by atoms with E-state index in [0.717, 1.165) is 0 Å². The first-order chi connectivity index (χ1) is 11.1. The molecular formula is C17H17NO5. The number of phenolic OH excluding ortho intramolecular Hbond substituents is 1. The molecule has 0 aliphatic heterocycles. The number of carbonyl (C=O) groups excluding carboxylic acids is 2. The van der Waals surface area contributed by atoms with Gasteiger partial charge in [-0.15, -0.1) is 0 Å². The molecule has 0 saturated heterocycles. The van der Waals surface area contributed by atoms with Crippen molar-refractivity contribution in [1.82, 2.24) is 0 Å². The van der Waals surface area contributed by atoms with E-state index < -0.39 is 5.97 Å². The van der Waals surface area contributed by atoms with Crippen LogP contribution in [-0.2, 0) is 4.74 Å². The van der Waals surface area contributed by atoms with E-state index in [1.807, 2.05) is 6.92 Å². The van der Waals surface area contributed by atoms with Crippen LogP contribution in [0.2, 0.25) is 0 Å². The number of methoxy groups -OCH3 is 1. The van der Waals surface area contributed by atoms with Crippen molar-refractivity contribution in [2.45, 2.75) is 6.92 Å². The molecule has 2 rings (SSSR count). The molecule has 2 aromatic carbocycles. The minimum Gasteiger partial charge on any atom is -0.507 e. The van der Waals surface area contributed by atoms with Gasteiger partial charge in [0, 0.05) is 5.69 Å². The first-order valence-electron chi connectivity index (χ1n) is 7.01.